The number of aromatic nitrogens is 2. The monoisotopic (exact) mass is 428 g/mol. The van der Waals surface area contributed by atoms with Gasteiger partial charge in [0, 0.05) is 11.1 Å². The number of Topliss-reactive ketones (excluding diaryl/α,β-unsaturated/α-hetero) is 2. The molecule has 0 unspecified atom stereocenters. The van der Waals surface area contributed by atoms with Crippen LogP contribution >= 0.6 is 0 Å². The van der Waals surface area contributed by atoms with Crippen LogP contribution in [0.3, 0.4) is 0 Å². The maximum Gasteiger partial charge on any atom is 0.450 e. The second kappa shape index (κ2) is 9.38. The van der Waals surface area contributed by atoms with Gasteiger partial charge in [-0.05, 0) is 6.07 Å². The molecule has 0 atom stereocenters. The van der Waals surface area contributed by atoms with Gasteiger partial charge in [0.25, 0.3) is 0 Å². The highest BCUT2D eigenvalue weighted by Crippen LogP contribution is 2.30. The minimum Gasteiger partial charge on any atom is -0.294 e. The number of hydrogen-bond acceptors (Lipinski definition) is 3. The molecule has 0 aliphatic rings. The van der Waals surface area contributed by atoms with Gasteiger partial charge in [-0.25, -0.2) is 0 Å². The average molecular weight is 428 g/mol. The first-order chi connectivity index (χ1) is 14.0. The van der Waals surface area contributed by atoms with Crippen molar-refractivity contribution in [3.05, 3.63) is 78.0 Å². The van der Waals surface area contributed by atoms with E-state index in [1.54, 1.807) is 36.4 Å². The molecule has 0 aliphatic heterocycles. The van der Waals surface area contributed by atoms with E-state index in [1.807, 2.05) is 5.10 Å². The third-order valence-corrected chi connectivity index (χ3v) is 3.69. The average Bonchev–Trinajstić information content (AvgIpc) is 3.20. The molecule has 1 heterocycles. The van der Waals surface area contributed by atoms with Gasteiger partial charge in [0.15, 0.2) is 5.78 Å². The molecule has 10 heteroatoms. The summed E-state index contributed by atoms with van der Waals surface area (Å²) in [6, 6.07) is 17.1. The van der Waals surface area contributed by atoms with Gasteiger partial charge in [-0.2, -0.15) is 31.4 Å². The van der Waals surface area contributed by atoms with Gasteiger partial charge < -0.3 is 0 Å². The standard InChI is InChI=1S/C10H7F3N2.C10H7F3O2/c11-10(12,13)9-6-8(14-15-9)7-4-2-1-3-5-7;11-10(12,13)9(15)6-8(14)7-4-2-1-3-5-7/h1-6H,(H,14,15);1-5H,6H2. The van der Waals surface area contributed by atoms with E-state index in [-0.39, 0.29) is 5.56 Å². The first-order valence-electron chi connectivity index (χ1n) is 8.35. The van der Waals surface area contributed by atoms with Gasteiger partial charge in [-0.1, -0.05) is 60.7 Å². The Morgan fingerprint density at radius 1 is 0.833 bits per heavy atom. The quantitative estimate of drug-likeness (QED) is 0.340. The highest BCUT2D eigenvalue weighted by molar-refractivity contribution is 6.09. The summed E-state index contributed by atoms with van der Waals surface area (Å²) in [5.74, 6) is -2.84. The number of H-pyrrole nitrogens is 1. The van der Waals surface area contributed by atoms with Gasteiger partial charge in [-0.3, -0.25) is 14.7 Å². The molecule has 0 fully saturated rings. The minimum atomic E-state index is -4.94. The molecule has 30 heavy (non-hydrogen) atoms. The molecule has 4 nitrogen and oxygen atoms in total. The third-order valence-electron chi connectivity index (χ3n) is 3.69. The molecular weight excluding hydrogens is 414 g/mol. The SMILES string of the molecule is FC(F)(F)c1cc(-c2ccccc2)n[nH]1.O=C(CC(=O)C(F)(F)F)c1ccccc1. The Morgan fingerprint density at radius 2 is 1.37 bits per heavy atom. The molecule has 0 saturated heterocycles. The zero-order valence-corrected chi connectivity index (χ0v) is 15.1. The van der Waals surface area contributed by atoms with E-state index in [2.05, 4.69) is 5.10 Å². The van der Waals surface area contributed by atoms with Gasteiger partial charge in [0.05, 0.1) is 12.1 Å². The Labute approximate surface area is 166 Å². The molecule has 0 amide bonds. The summed E-state index contributed by atoms with van der Waals surface area (Å²) >= 11 is 0. The van der Waals surface area contributed by atoms with E-state index in [9.17, 15) is 35.9 Å². The lowest BCUT2D eigenvalue weighted by molar-refractivity contribution is -0.170. The lowest BCUT2D eigenvalue weighted by Crippen LogP contribution is -2.25. The number of ketones is 2. The number of halogens is 6. The summed E-state index contributed by atoms with van der Waals surface area (Å²) < 4.78 is 72.2. The predicted molar refractivity (Wildman–Crippen MR) is 95.5 cm³/mol. The molecule has 0 aliphatic carbocycles. The van der Waals surface area contributed by atoms with Crippen molar-refractivity contribution >= 4 is 11.6 Å². The van der Waals surface area contributed by atoms with Gasteiger partial charge in [0.2, 0.25) is 5.78 Å². The normalized spacial score (nSPS) is 11.4. The predicted octanol–water partition coefficient (Wildman–Crippen LogP) is 5.49. The number of alkyl halides is 6. The summed E-state index contributed by atoms with van der Waals surface area (Å²) in [5, 5.41) is 5.58. The number of benzene rings is 2. The Hall–Kier alpha value is -3.43. The molecule has 1 N–H and O–H groups in total. The largest absolute Gasteiger partial charge is 0.450 e. The number of carbonyl (C=O) groups is 2. The van der Waals surface area contributed by atoms with Crippen LogP contribution in [0, 0.1) is 0 Å². The fourth-order valence-corrected chi connectivity index (χ4v) is 2.20. The summed E-state index contributed by atoms with van der Waals surface area (Å²) in [5.41, 5.74) is 0.226. The maximum absolute atomic E-state index is 12.2. The van der Waals surface area contributed by atoms with E-state index < -0.39 is 36.0 Å². The highest BCUT2D eigenvalue weighted by atomic mass is 19.4. The Kier molecular flexibility index (Phi) is 7.14. The van der Waals surface area contributed by atoms with Crippen LogP contribution in [0.4, 0.5) is 26.3 Å². The van der Waals surface area contributed by atoms with Crippen molar-refractivity contribution in [3.63, 3.8) is 0 Å². The van der Waals surface area contributed by atoms with Crippen LogP contribution in [0.15, 0.2) is 66.7 Å². The van der Waals surface area contributed by atoms with E-state index in [0.29, 0.717) is 11.3 Å². The maximum atomic E-state index is 12.2. The van der Waals surface area contributed by atoms with Crippen molar-refractivity contribution in [3.8, 4) is 11.3 Å². The first-order valence-corrected chi connectivity index (χ1v) is 8.35. The first kappa shape index (κ1) is 22.9. The lowest BCUT2D eigenvalue weighted by atomic mass is 10.1. The summed E-state index contributed by atoms with van der Waals surface area (Å²) in [6.45, 7) is 0. The van der Waals surface area contributed by atoms with Crippen LogP contribution in [0.2, 0.25) is 0 Å². The number of aromatic amines is 1. The number of nitrogens with zero attached hydrogens (tertiary/aromatic N) is 1. The van der Waals surface area contributed by atoms with E-state index in [4.69, 9.17) is 0 Å². The minimum absolute atomic E-state index is 0.107. The zero-order chi connectivity index (χ0) is 22.4. The van der Waals surface area contributed by atoms with Gasteiger partial charge >= 0.3 is 12.4 Å². The summed E-state index contributed by atoms with van der Waals surface area (Å²) in [6.07, 6.45) is -10.4. The molecule has 0 radical (unpaired) electrons. The molecule has 3 aromatic rings. The fourth-order valence-electron chi connectivity index (χ4n) is 2.20. The highest BCUT2D eigenvalue weighted by Gasteiger charge is 2.39. The summed E-state index contributed by atoms with van der Waals surface area (Å²) in [7, 11) is 0. The Morgan fingerprint density at radius 3 is 1.83 bits per heavy atom. The molecule has 2 aromatic carbocycles. The topological polar surface area (TPSA) is 62.8 Å². The number of rotatable bonds is 4. The van der Waals surface area contributed by atoms with Crippen molar-refractivity contribution in [2.24, 2.45) is 0 Å². The van der Waals surface area contributed by atoms with Crippen LogP contribution in [0.5, 0.6) is 0 Å². The molecule has 0 saturated carbocycles. The molecule has 0 spiro atoms. The van der Waals surface area contributed by atoms with Crippen molar-refractivity contribution < 1.29 is 35.9 Å². The van der Waals surface area contributed by atoms with Crippen LogP contribution in [0.1, 0.15) is 22.5 Å². The molecule has 1 aromatic heterocycles. The van der Waals surface area contributed by atoms with Crippen LogP contribution in [-0.4, -0.2) is 27.9 Å². The molecule has 158 valence electrons. The smallest absolute Gasteiger partial charge is 0.294 e. The van der Waals surface area contributed by atoms with Crippen molar-refractivity contribution in [1.29, 1.82) is 0 Å². The number of carbonyl (C=O) groups excluding carboxylic acids is 2. The van der Waals surface area contributed by atoms with Crippen molar-refractivity contribution in [1.82, 2.24) is 10.2 Å². The van der Waals surface area contributed by atoms with Crippen molar-refractivity contribution in [2.45, 2.75) is 18.8 Å². The van der Waals surface area contributed by atoms with Gasteiger partial charge in [0.1, 0.15) is 5.69 Å². The summed E-state index contributed by atoms with van der Waals surface area (Å²) in [4.78, 5) is 21.7. The van der Waals surface area contributed by atoms with E-state index >= 15 is 0 Å². The molecule has 0 bridgehead atoms. The van der Waals surface area contributed by atoms with Gasteiger partial charge in [-0.15, -0.1) is 0 Å². The van der Waals surface area contributed by atoms with Crippen molar-refractivity contribution in [2.75, 3.05) is 0 Å². The van der Waals surface area contributed by atoms with Crippen LogP contribution in [0.25, 0.3) is 11.3 Å². The Bertz CT molecular complexity index is 980. The second-order valence-corrected chi connectivity index (χ2v) is 5.92. The van der Waals surface area contributed by atoms with Crippen LogP contribution in [-0.2, 0) is 11.0 Å². The number of hydrogen-bond donors (Lipinski definition) is 1. The fraction of sp³-hybridized carbons (Fsp3) is 0.150. The lowest BCUT2D eigenvalue weighted by Gasteiger charge is -2.03. The molecular formula is C20H14F6N2O2. The second-order valence-electron chi connectivity index (χ2n) is 5.92. The van der Waals surface area contributed by atoms with E-state index in [1.165, 1.54) is 24.3 Å². The zero-order valence-electron chi connectivity index (χ0n) is 15.1. The Balaban J connectivity index is 0.000000214. The van der Waals surface area contributed by atoms with E-state index in [0.717, 1.165) is 6.07 Å². The van der Waals surface area contributed by atoms with Crippen LogP contribution < -0.4 is 0 Å². The third kappa shape index (κ3) is 6.57. The molecule has 3 rings (SSSR count). The number of nitrogens with one attached hydrogen (secondary N) is 1.